The predicted molar refractivity (Wildman–Crippen MR) is 76.7 cm³/mol. The van der Waals surface area contributed by atoms with Crippen molar-refractivity contribution in [2.45, 2.75) is 13.3 Å². The average molecular weight is 282 g/mol. The Morgan fingerprint density at radius 3 is 2.95 bits per heavy atom. The number of hydrogen-bond acceptors (Lipinski definition) is 3. The van der Waals surface area contributed by atoms with Gasteiger partial charge in [-0.15, -0.1) is 11.6 Å². The van der Waals surface area contributed by atoms with Crippen molar-refractivity contribution in [3.8, 4) is 0 Å². The van der Waals surface area contributed by atoms with Crippen LogP contribution in [-0.2, 0) is 0 Å². The molecule has 0 N–H and O–H groups in total. The Labute approximate surface area is 119 Å². The van der Waals surface area contributed by atoms with E-state index in [0.717, 1.165) is 44.8 Å². The number of aryl methyl sites for hydroxylation is 1. The lowest BCUT2D eigenvalue weighted by Gasteiger charge is -2.22. The number of alkyl halides is 1. The lowest BCUT2D eigenvalue weighted by molar-refractivity contribution is 0.0760. The van der Waals surface area contributed by atoms with Gasteiger partial charge in [-0.3, -0.25) is 9.78 Å². The van der Waals surface area contributed by atoms with Gasteiger partial charge in [0, 0.05) is 43.9 Å². The van der Waals surface area contributed by atoms with Crippen LogP contribution in [0.1, 0.15) is 22.5 Å². The molecule has 1 aromatic heterocycles. The van der Waals surface area contributed by atoms with Crippen LogP contribution in [0.2, 0.25) is 0 Å². The summed E-state index contributed by atoms with van der Waals surface area (Å²) in [4.78, 5) is 20.9. The molecule has 19 heavy (non-hydrogen) atoms. The van der Waals surface area contributed by atoms with Crippen LogP contribution in [0.4, 0.5) is 0 Å². The quantitative estimate of drug-likeness (QED) is 0.793. The van der Waals surface area contributed by atoms with Crippen LogP contribution in [0.3, 0.4) is 0 Å². The van der Waals surface area contributed by atoms with Crippen LogP contribution in [-0.4, -0.2) is 59.3 Å². The van der Waals surface area contributed by atoms with Gasteiger partial charge in [0.05, 0.1) is 5.56 Å². The van der Waals surface area contributed by atoms with E-state index in [1.807, 2.05) is 24.0 Å². The van der Waals surface area contributed by atoms with Crippen molar-refractivity contribution in [2.75, 3.05) is 38.6 Å². The molecule has 1 aromatic rings. The highest BCUT2D eigenvalue weighted by molar-refractivity contribution is 6.18. The minimum absolute atomic E-state index is 0.0957. The Morgan fingerprint density at radius 1 is 1.37 bits per heavy atom. The minimum Gasteiger partial charge on any atom is -0.337 e. The molecule has 0 aliphatic carbocycles. The molecule has 0 aromatic carbocycles. The van der Waals surface area contributed by atoms with Gasteiger partial charge in [-0.05, 0) is 32.0 Å². The van der Waals surface area contributed by atoms with Crippen molar-refractivity contribution in [2.24, 2.45) is 0 Å². The third-order valence-electron chi connectivity index (χ3n) is 3.51. The molecular formula is C14H20ClN3O. The molecule has 4 nitrogen and oxygen atoms in total. The van der Waals surface area contributed by atoms with E-state index in [0.29, 0.717) is 11.4 Å². The highest BCUT2D eigenvalue weighted by Gasteiger charge is 2.21. The van der Waals surface area contributed by atoms with Gasteiger partial charge in [0.25, 0.3) is 5.91 Å². The number of hydrogen-bond donors (Lipinski definition) is 0. The molecular weight excluding hydrogens is 262 g/mol. The van der Waals surface area contributed by atoms with Crippen molar-refractivity contribution < 1.29 is 4.79 Å². The maximum absolute atomic E-state index is 12.5. The summed E-state index contributed by atoms with van der Waals surface area (Å²) in [5, 5.41) is 0. The summed E-state index contributed by atoms with van der Waals surface area (Å²) >= 11 is 5.77. The zero-order valence-corrected chi connectivity index (χ0v) is 12.1. The van der Waals surface area contributed by atoms with E-state index >= 15 is 0 Å². The molecule has 0 spiro atoms. The molecule has 0 saturated carbocycles. The largest absolute Gasteiger partial charge is 0.337 e. The first-order valence-corrected chi connectivity index (χ1v) is 7.25. The fourth-order valence-electron chi connectivity index (χ4n) is 2.40. The van der Waals surface area contributed by atoms with Gasteiger partial charge in [-0.2, -0.15) is 0 Å². The van der Waals surface area contributed by atoms with Crippen LogP contribution in [0.5, 0.6) is 0 Å². The molecule has 5 heteroatoms. The van der Waals surface area contributed by atoms with Crippen molar-refractivity contribution in [1.82, 2.24) is 14.8 Å². The third kappa shape index (κ3) is 3.67. The van der Waals surface area contributed by atoms with E-state index in [1.165, 1.54) is 0 Å². The standard InChI is InChI=1S/C14H20ClN3O/c1-12-13(4-2-6-16-12)14(19)18-8-3-7-17(9-5-15)10-11-18/h2,4,6H,3,5,7-11H2,1H3. The highest BCUT2D eigenvalue weighted by atomic mass is 35.5. The summed E-state index contributed by atoms with van der Waals surface area (Å²) in [7, 11) is 0. The Morgan fingerprint density at radius 2 is 2.21 bits per heavy atom. The fraction of sp³-hybridized carbons (Fsp3) is 0.571. The van der Waals surface area contributed by atoms with Gasteiger partial charge >= 0.3 is 0 Å². The lowest BCUT2D eigenvalue weighted by atomic mass is 10.2. The molecule has 0 bridgehead atoms. The summed E-state index contributed by atoms with van der Waals surface area (Å²) in [5.74, 6) is 0.744. The van der Waals surface area contributed by atoms with Crippen LogP contribution in [0.25, 0.3) is 0 Å². The minimum atomic E-state index is 0.0957. The van der Waals surface area contributed by atoms with E-state index in [2.05, 4.69) is 9.88 Å². The van der Waals surface area contributed by atoms with Crippen LogP contribution in [0.15, 0.2) is 18.3 Å². The second-order valence-electron chi connectivity index (χ2n) is 4.81. The maximum atomic E-state index is 12.5. The van der Waals surface area contributed by atoms with Gasteiger partial charge in [-0.1, -0.05) is 0 Å². The van der Waals surface area contributed by atoms with Crippen molar-refractivity contribution in [3.63, 3.8) is 0 Å². The number of carbonyl (C=O) groups is 1. The van der Waals surface area contributed by atoms with Crippen molar-refractivity contribution in [3.05, 3.63) is 29.6 Å². The van der Waals surface area contributed by atoms with Crippen LogP contribution >= 0.6 is 11.6 Å². The van der Waals surface area contributed by atoms with Gasteiger partial charge in [-0.25, -0.2) is 0 Å². The Hall–Kier alpha value is -1.13. The number of halogens is 1. The molecule has 2 rings (SSSR count). The van der Waals surface area contributed by atoms with Gasteiger partial charge in [0.2, 0.25) is 0 Å². The summed E-state index contributed by atoms with van der Waals surface area (Å²) in [6.07, 6.45) is 2.72. The summed E-state index contributed by atoms with van der Waals surface area (Å²) in [6.45, 7) is 6.27. The molecule has 1 aliphatic heterocycles. The second kappa shape index (κ2) is 6.87. The van der Waals surface area contributed by atoms with E-state index in [1.54, 1.807) is 6.20 Å². The smallest absolute Gasteiger partial charge is 0.255 e. The monoisotopic (exact) mass is 281 g/mol. The van der Waals surface area contributed by atoms with Crippen LogP contribution in [0, 0.1) is 6.92 Å². The number of rotatable bonds is 3. The molecule has 104 valence electrons. The SMILES string of the molecule is Cc1ncccc1C(=O)N1CCCN(CCCl)CC1. The fourth-order valence-corrected chi connectivity index (χ4v) is 2.64. The first kappa shape index (κ1) is 14.3. The Bertz CT molecular complexity index is 438. The number of aromatic nitrogens is 1. The van der Waals surface area contributed by atoms with Gasteiger partial charge < -0.3 is 9.80 Å². The number of nitrogens with zero attached hydrogens (tertiary/aromatic N) is 3. The Kier molecular flexibility index (Phi) is 5.16. The molecule has 0 atom stereocenters. The third-order valence-corrected chi connectivity index (χ3v) is 3.68. The van der Waals surface area contributed by atoms with E-state index < -0.39 is 0 Å². The molecule has 1 saturated heterocycles. The molecule has 0 radical (unpaired) electrons. The molecule has 0 unspecified atom stereocenters. The molecule has 2 heterocycles. The number of carbonyl (C=O) groups excluding carboxylic acids is 1. The zero-order chi connectivity index (χ0) is 13.7. The summed E-state index contributed by atoms with van der Waals surface area (Å²) in [5.41, 5.74) is 1.52. The average Bonchev–Trinajstić information content (AvgIpc) is 2.65. The van der Waals surface area contributed by atoms with Crippen molar-refractivity contribution in [1.29, 1.82) is 0 Å². The molecule has 1 amide bonds. The van der Waals surface area contributed by atoms with Crippen molar-refractivity contribution >= 4 is 17.5 Å². The van der Waals surface area contributed by atoms with E-state index in [9.17, 15) is 4.79 Å². The normalized spacial score (nSPS) is 17.3. The molecule has 1 fully saturated rings. The maximum Gasteiger partial charge on any atom is 0.255 e. The summed E-state index contributed by atoms with van der Waals surface area (Å²) in [6, 6.07) is 3.67. The molecule has 1 aliphatic rings. The van der Waals surface area contributed by atoms with Gasteiger partial charge in [0.15, 0.2) is 0 Å². The number of amides is 1. The van der Waals surface area contributed by atoms with E-state index in [4.69, 9.17) is 11.6 Å². The zero-order valence-electron chi connectivity index (χ0n) is 11.3. The van der Waals surface area contributed by atoms with Crippen LogP contribution < -0.4 is 0 Å². The van der Waals surface area contributed by atoms with E-state index in [-0.39, 0.29) is 5.91 Å². The summed E-state index contributed by atoms with van der Waals surface area (Å²) < 4.78 is 0. The first-order chi connectivity index (χ1) is 9.22. The topological polar surface area (TPSA) is 36.4 Å². The highest BCUT2D eigenvalue weighted by Crippen LogP contribution is 2.11. The number of pyridine rings is 1. The second-order valence-corrected chi connectivity index (χ2v) is 5.19. The first-order valence-electron chi connectivity index (χ1n) is 6.71. The Balaban J connectivity index is 2.02. The lowest BCUT2D eigenvalue weighted by Crippen LogP contribution is -2.36. The predicted octanol–water partition coefficient (Wildman–Crippen LogP) is 1.78. The van der Waals surface area contributed by atoms with Gasteiger partial charge in [0.1, 0.15) is 0 Å².